The molecule has 3 aromatic rings. The quantitative estimate of drug-likeness (QED) is 0.622. The van der Waals surface area contributed by atoms with Crippen LogP contribution in [-0.4, -0.2) is 42.2 Å². The largest absolute Gasteiger partial charge is 0.488 e. The second-order valence-electron chi connectivity index (χ2n) is 7.14. The van der Waals surface area contributed by atoms with Crippen molar-refractivity contribution in [3.8, 4) is 5.75 Å². The number of amides is 1. The molecule has 146 valence electrons. The van der Waals surface area contributed by atoms with Gasteiger partial charge in [-0.1, -0.05) is 36.4 Å². The molecule has 1 aliphatic heterocycles. The van der Waals surface area contributed by atoms with Gasteiger partial charge in [0, 0.05) is 32.1 Å². The second kappa shape index (κ2) is 8.48. The fourth-order valence-corrected chi connectivity index (χ4v) is 3.80. The van der Waals surface area contributed by atoms with E-state index in [4.69, 9.17) is 9.47 Å². The van der Waals surface area contributed by atoms with Gasteiger partial charge < -0.3 is 18.9 Å². The number of fused-ring (bicyclic) bond motifs is 1. The van der Waals surface area contributed by atoms with Crippen LogP contribution in [0.1, 0.15) is 28.9 Å². The van der Waals surface area contributed by atoms with E-state index in [1.165, 1.54) is 0 Å². The molecule has 5 heteroatoms. The molecule has 1 saturated heterocycles. The summed E-state index contributed by atoms with van der Waals surface area (Å²) in [6.45, 7) is 3.36. The Bertz CT molecular complexity index is 943. The Morgan fingerprint density at radius 3 is 2.57 bits per heavy atom. The van der Waals surface area contributed by atoms with Crippen LogP contribution in [0.5, 0.6) is 5.75 Å². The van der Waals surface area contributed by atoms with E-state index >= 15 is 0 Å². The lowest BCUT2D eigenvalue weighted by Gasteiger charge is -2.17. The van der Waals surface area contributed by atoms with Gasteiger partial charge in [0.05, 0.1) is 12.1 Å². The van der Waals surface area contributed by atoms with Crippen LogP contribution in [0.3, 0.4) is 0 Å². The normalized spacial score (nSPS) is 14.0. The van der Waals surface area contributed by atoms with Crippen LogP contribution in [-0.2, 0) is 17.9 Å². The Morgan fingerprint density at radius 1 is 1.04 bits per heavy atom. The van der Waals surface area contributed by atoms with Crippen molar-refractivity contribution in [3.05, 3.63) is 65.9 Å². The fraction of sp³-hybridized carbons (Fsp3) is 0.348. The molecule has 0 atom stereocenters. The summed E-state index contributed by atoms with van der Waals surface area (Å²) in [5.41, 5.74) is 2.83. The monoisotopic (exact) mass is 378 g/mol. The molecule has 28 heavy (non-hydrogen) atoms. The molecule has 5 nitrogen and oxygen atoms in total. The Labute approximate surface area is 165 Å². The van der Waals surface area contributed by atoms with Gasteiger partial charge in [0.1, 0.15) is 18.1 Å². The zero-order chi connectivity index (χ0) is 19.3. The molecule has 0 radical (unpaired) electrons. The first kappa shape index (κ1) is 18.6. The van der Waals surface area contributed by atoms with Gasteiger partial charge in [-0.2, -0.15) is 0 Å². The molecule has 2 heterocycles. The lowest BCUT2D eigenvalue weighted by Crippen LogP contribution is -2.29. The highest BCUT2D eigenvalue weighted by Gasteiger charge is 2.24. The molecule has 0 spiro atoms. The summed E-state index contributed by atoms with van der Waals surface area (Å²) in [5, 5.41) is 0.970. The maximum Gasteiger partial charge on any atom is 0.270 e. The van der Waals surface area contributed by atoms with Crippen molar-refractivity contribution in [1.82, 2.24) is 9.47 Å². The number of aromatic nitrogens is 1. The van der Waals surface area contributed by atoms with Crippen LogP contribution < -0.4 is 4.74 Å². The van der Waals surface area contributed by atoms with Crippen LogP contribution in [0.4, 0.5) is 0 Å². The van der Waals surface area contributed by atoms with Crippen LogP contribution in [0.15, 0.2) is 54.6 Å². The van der Waals surface area contributed by atoms with E-state index in [1.807, 2.05) is 59.5 Å². The van der Waals surface area contributed by atoms with Gasteiger partial charge in [0.2, 0.25) is 0 Å². The molecule has 0 unspecified atom stereocenters. The molecule has 1 aromatic heterocycles. The van der Waals surface area contributed by atoms with Gasteiger partial charge in [-0.15, -0.1) is 0 Å². The lowest BCUT2D eigenvalue weighted by atomic mass is 10.2. The third-order valence-corrected chi connectivity index (χ3v) is 5.27. The van der Waals surface area contributed by atoms with Crippen LogP contribution in [0, 0.1) is 0 Å². The number of carbonyl (C=O) groups excluding carboxylic acids is 1. The summed E-state index contributed by atoms with van der Waals surface area (Å²) in [6, 6.07) is 18.1. The molecular formula is C23H26N2O3. The highest BCUT2D eigenvalue weighted by molar-refractivity contribution is 6.00. The van der Waals surface area contributed by atoms with Gasteiger partial charge in [-0.25, -0.2) is 0 Å². The van der Waals surface area contributed by atoms with Crippen molar-refractivity contribution in [2.75, 3.05) is 26.8 Å². The summed E-state index contributed by atoms with van der Waals surface area (Å²) in [4.78, 5) is 15.1. The standard InChI is InChI=1S/C23H26N2O3/c1-27-15-14-25-20-10-7-11-22(28-17-18-8-3-2-4-9-18)19(20)16-21(25)23(26)24-12-5-6-13-24/h2-4,7-11,16H,5-6,12-15,17H2,1H3. The zero-order valence-electron chi connectivity index (χ0n) is 16.3. The van der Waals surface area contributed by atoms with Gasteiger partial charge in [-0.05, 0) is 36.6 Å². The molecule has 4 rings (SSSR count). The maximum atomic E-state index is 13.1. The Hall–Kier alpha value is -2.79. The molecule has 2 aromatic carbocycles. The topological polar surface area (TPSA) is 43.7 Å². The summed E-state index contributed by atoms with van der Waals surface area (Å²) in [6.07, 6.45) is 2.16. The summed E-state index contributed by atoms with van der Waals surface area (Å²) in [7, 11) is 1.68. The highest BCUT2D eigenvalue weighted by Crippen LogP contribution is 2.31. The number of benzene rings is 2. The highest BCUT2D eigenvalue weighted by atomic mass is 16.5. The molecule has 1 amide bonds. The van der Waals surface area contributed by atoms with E-state index in [1.54, 1.807) is 7.11 Å². The van der Waals surface area contributed by atoms with Crippen molar-refractivity contribution in [3.63, 3.8) is 0 Å². The third-order valence-electron chi connectivity index (χ3n) is 5.27. The smallest absolute Gasteiger partial charge is 0.270 e. The van der Waals surface area contributed by atoms with Crippen LogP contribution >= 0.6 is 0 Å². The number of hydrogen-bond acceptors (Lipinski definition) is 3. The first-order valence-electron chi connectivity index (χ1n) is 9.85. The predicted molar refractivity (Wildman–Crippen MR) is 110 cm³/mol. The van der Waals surface area contributed by atoms with E-state index in [-0.39, 0.29) is 5.91 Å². The van der Waals surface area contributed by atoms with Crippen molar-refractivity contribution < 1.29 is 14.3 Å². The van der Waals surface area contributed by atoms with Crippen molar-refractivity contribution >= 4 is 16.8 Å². The minimum Gasteiger partial charge on any atom is -0.488 e. The number of carbonyl (C=O) groups is 1. The number of ether oxygens (including phenoxy) is 2. The predicted octanol–water partition coefficient (Wildman–Crippen LogP) is 4.10. The lowest BCUT2D eigenvalue weighted by molar-refractivity contribution is 0.0780. The van der Waals surface area contributed by atoms with Gasteiger partial charge in [-0.3, -0.25) is 4.79 Å². The number of hydrogen-bond donors (Lipinski definition) is 0. The molecule has 0 bridgehead atoms. The van der Waals surface area contributed by atoms with Crippen LogP contribution in [0.25, 0.3) is 10.9 Å². The number of nitrogens with zero attached hydrogens (tertiary/aromatic N) is 2. The zero-order valence-corrected chi connectivity index (χ0v) is 16.3. The second-order valence-corrected chi connectivity index (χ2v) is 7.14. The van der Waals surface area contributed by atoms with E-state index < -0.39 is 0 Å². The molecule has 0 N–H and O–H groups in total. The first-order valence-corrected chi connectivity index (χ1v) is 9.85. The molecular weight excluding hydrogens is 352 g/mol. The minimum atomic E-state index is 0.0961. The average molecular weight is 378 g/mol. The summed E-state index contributed by atoms with van der Waals surface area (Å²) >= 11 is 0. The van der Waals surface area contributed by atoms with Crippen molar-refractivity contribution in [2.24, 2.45) is 0 Å². The number of methoxy groups -OCH3 is 1. The maximum absolute atomic E-state index is 13.1. The van der Waals surface area contributed by atoms with E-state index in [0.29, 0.717) is 25.5 Å². The average Bonchev–Trinajstić information content (AvgIpc) is 3.39. The summed E-state index contributed by atoms with van der Waals surface area (Å²) < 4.78 is 13.5. The first-order chi connectivity index (χ1) is 13.8. The van der Waals surface area contributed by atoms with Gasteiger partial charge >= 0.3 is 0 Å². The number of rotatable bonds is 7. The Kier molecular flexibility index (Phi) is 5.63. The van der Waals surface area contributed by atoms with Gasteiger partial charge in [0.25, 0.3) is 5.91 Å². The van der Waals surface area contributed by atoms with E-state index in [2.05, 4.69) is 4.57 Å². The third kappa shape index (κ3) is 3.76. The van der Waals surface area contributed by atoms with E-state index in [0.717, 1.165) is 48.1 Å². The SMILES string of the molecule is COCCn1c(C(=O)N2CCCC2)cc2c(OCc3ccccc3)cccc21. The molecule has 0 aliphatic carbocycles. The number of likely N-dealkylation sites (tertiary alicyclic amines) is 1. The summed E-state index contributed by atoms with van der Waals surface area (Å²) in [5.74, 6) is 0.895. The molecule has 1 fully saturated rings. The van der Waals surface area contributed by atoms with Crippen molar-refractivity contribution in [1.29, 1.82) is 0 Å². The Morgan fingerprint density at radius 2 is 1.82 bits per heavy atom. The molecule has 1 aliphatic rings. The van der Waals surface area contributed by atoms with Gasteiger partial charge in [0.15, 0.2) is 0 Å². The minimum absolute atomic E-state index is 0.0961. The van der Waals surface area contributed by atoms with Crippen molar-refractivity contribution in [2.45, 2.75) is 26.0 Å². The molecule has 0 saturated carbocycles. The van der Waals surface area contributed by atoms with Crippen LogP contribution in [0.2, 0.25) is 0 Å². The fourth-order valence-electron chi connectivity index (χ4n) is 3.80. The Balaban J connectivity index is 1.68. The van der Waals surface area contributed by atoms with E-state index in [9.17, 15) is 4.79 Å².